The van der Waals surface area contributed by atoms with Crippen molar-refractivity contribution in [2.45, 2.75) is 19.0 Å². The number of rotatable bonds is 3. The van der Waals surface area contributed by atoms with E-state index in [1.165, 1.54) is 5.56 Å². The molecule has 2 saturated heterocycles. The Kier molecular flexibility index (Phi) is 5.28. The maximum absolute atomic E-state index is 12.4. The molecule has 2 aliphatic heterocycles. The zero-order valence-electron chi connectivity index (χ0n) is 12.5. The number of benzene rings is 1. The Morgan fingerprint density at radius 3 is 2.73 bits per heavy atom. The van der Waals surface area contributed by atoms with E-state index in [9.17, 15) is 4.79 Å². The van der Waals surface area contributed by atoms with Crippen LogP contribution in [0.1, 0.15) is 12.0 Å². The largest absolute Gasteiger partial charge is 0.340 e. The summed E-state index contributed by atoms with van der Waals surface area (Å²) in [5.74, 6) is 0.172. The van der Waals surface area contributed by atoms with Gasteiger partial charge in [0, 0.05) is 44.3 Å². The highest BCUT2D eigenvalue weighted by Crippen LogP contribution is 2.13. The highest BCUT2D eigenvalue weighted by molar-refractivity contribution is 6.30. The van der Waals surface area contributed by atoms with Crippen LogP contribution in [0, 0.1) is 0 Å². The second-order valence-electron chi connectivity index (χ2n) is 5.78. The smallest absolute Gasteiger partial charge is 0.242 e. The lowest BCUT2D eigenvalue weighted by Gasteiger charge is -2.24. The molecule has 0 saturated carbocycles. The van der Waals surface area contributed by atoms with Gasteiger partial charge in [0.2, 0.25) is 5.91 Å². The monoisotopic (exact) mass is 323 g/mol. The van der Waals surface area contributed by atoms with E-state index in [2.05, 4.69) is 33.4 Å². The number of nitrogens with one attached hydrogen (secondary N) is 3. The number of hydrogen-bond acceptors (Lipinski definition) is 5. The fourth-order valence-electron chi connectivity index (χ4n) is 2.91. The van der Waals surface area contributed by atoms with Gasteiger partial charge in [-0.05, 0) is 24.1 Å². The molecule has 0 spiro atoms. The van der Waals surface area contributed by atoms with Crippen LogP contribution in [0.15, 0.2) is 24.3 Å². The molecule has 120 valence electrons. The van der Waals surface area contributed by atoms with Crippen LogP contribution in [-0.4, -0.2) is 54.5 Å². The maximum Gasteiger partial charge on any atom is 0.242 e. The lowest BCUT2D eigenvalue weighted by atomic mass is 10.2. The summed E-state index contributed by atoms with van der Waals surface area (Å²) < 4.78 is 0. The second kappa shape index (κ2) is 7.39. The fraction of sp³-hybridized carbons (Fsp3) is 0.533. The molecule has 2 aliphatic rings. The molecule has 1 unspecified atom stereocenters. The van der Waals surface area contributed by atoms with Gasteiger partial charge in [-0.3, -0.25) is 9.69 Å². The summed E-state index contributed by atoms with van der Waals surface area (Å²) in [5, 5.41) is 0.766. The van der Waals surface area contributed by atoms with Gasteiger partial charge in [-0.25, -0.2) is 10.9 Å². The van der Waals surface area contributed by atoms with E-state index < -0.39 is 0 Å². The van der Waals surface area contributed by atoms with Crippen molar-refractivity contribution in [3.63, 3.8) is 0 Å². The summed E-state index contributed by atoms with van der Waals surface area (Å²) in [6.07, 6.45) is 1.01. The molecular formula is C15H22ClN5O. The Morgan fingerprint density at radius 2 is 2.00 bits per heavy atom. The standard InChI is InChI=1S/C15H22ClN5O/c16-13-4-2-12(3-5-13)11-20-6-1-7-21(9-8-20)15(22)14-10-17-19-18-14/h2-5,14,17-19H,1,6-11H2. The molecule has 22 heavy (non-hydrogen) atoms. The van der Waals surface area contributed by atoms with E-state index in [0.717, 1.165) is 44.2 Å². The average Bonchev–Trinajstić information content (AvgIpc) is 2.96. The number of hydrogen-bond donors (Lipinski definition) is 3. The lowest BCUT2D eigenvalue weighted by molar-refractivity contribution is -0.132. The van der Waals surface area contributed by atoms with E-state index in [1.54, 1.807) is 0 Å². The second-order valence-corrected chi connectivity index (χ2v) is 6.22. The highest BCUT2D eigenvalue weighted by Gasteiger charge is 2.28. The first kappa shape index (κ1) is 15.7. The van der Waals surface area contributed by atoms with Gasteiger partial charge in [0.25, 0.3) is 0 Å². The van der Waals surface area contributed by atoms with Crippen LogP contribution < -0.4 is 16.4 Å². The molecular weight excluding hydrogens is 302 g/mol. The third kappa shape index (κ3) is 3.97. The molecule has 0 aromatic heterocycles. The number of hydrazine groups is 2. The van der Waals surface area contributed by atoms with Crippen molar-refractivity contribution in [3.05, 3.63) is 34.9 Å². The summed E-state index contributed by atoms with van der Waals surface area (Å²) in [4.78, 5) is 16.8. The van der Waals surface area contributed by atoms with Crippen LogP contribution in [0.4, 0.5) is 0 Å². The van der Waals surface area contributed by atoms with Crippen LogP contribution >= 0.6 is 11.6 Å². The fourth-order valence-corrected chi connectivity index (χ4v) is 3.04. The maximum atomic E-state index is 12.4. The first-order valence-electron chi connectivity index (χ1n) is 7.71. The minimum atomic E-state index is -0.164. The molecule has 0 radical (unpaired) electrons. The number of amides is 1. The Bertz CT molecular complexity index is 503. The van der Waals surface area contributed by atoms with Crippen LogP contribution in [-0.2, 0) is 11.3 Å². The predicted octanol–water partition coefficient (Wildman–Crippen LogP) is 0.355. The zero-order chi connectivity index (χ0) is 15.4. The van der Waals surface area contributed by atoms with Crippen molar-refractivity contribution in [1.82, 2.24) is 26.2 Å². The first-order chi connectivity index (χ1) is 10.7. The van der Waals surface area contributed by atoms with Crippen LogP contribution in [0.2, 0.25) is 5.02 Å². The van der Waals surface area contributed by atoms with Crippen molar-refractivity contribution in [3.8, 4) is 0 Å². The number of carbonyl (C=O) groups is 1. The minimum Gasteiger partial charge on any atom is -0.340 e. The van der Waals surface area contributed by atoms with Gasteiger partial charge < -0.3 is 4.90 Å². The molecule has 1 aromatic carbocycles. The summed E-state index contributed by atoms with van der Waals surface area (Å²) in [6.45, 7) is 5.06. The van der Waals surface area contributed by atoms with Crippen molar-refractivity contribution in [1.29, 1.82) is 0 Å². The Balaban J connectivity index is 1.53. The molecule has 1 atom stereocenters. The topological polar surface area (TPSA) is 59.6 Å². The molecule has 3 rings (SSSR count). The molecule has 0 bridgehead atoms. The van der Waals surface area contributed by atoms with Crippen molar-refractivity contribution in [2.24, 2.45) is 0 Å². The van der Waals surface area contributed by atoms with Gasteiger partial charge >= 0.3 is 0 Å². The Hall–Kier alpha value is -1.18. The number of carbonyl (C=O) groups excluding carboxylic acids is 1. The summed E-state index contributed by atoms with van der Waals surface area (Å²) in [5.41, 5.74) is 9.92. The molecule has 7 heteroatoms. The highest BCUT2D eigenvalue weighted by atomic mass is 35.5. The van der Waals surface area contributed by atoms with Gasteiger partial charge in [-0.2, -0.15) is 5.53 Å². The Morgan fingerprint density at radius 1 is 1.18 bits per heavy atom. The van der Waals surface area contributed by atoms with Gasteiger partial charge in [0.1, 0.15) is 6.04 Å². The lowest BCUT2D eigenvalue weighted by Crippen LogP contribution is -2.47. The summed E-state index contributed by atoms with van der Waals surface area (Å²) in [7, 11) is 0. The van der Waals surface area contributed by atoms with E-state index >= 15 is 0 Å². The number of nitrogens with zero attached hydrogens (tertiary/aromatic N) is 2. The molecule has 1 amide bonds. The molecule has 6 nitrogen and oxygen atoms in total. The molecule has 2 heterocycles. The minimum absolute atomic E-state index is 0.164. The van der Waals surface area contributed by atoms with Crippen molar-refractivity contribution >= 4 is 17.5 Å². The van der Waals surface area contributed by atoms with Gasteiger partial charge in [0.05, 0.1) is 0 Å². The zero-order valence-corrected chi connectivity index (χ0v) is 13.3. The van der Waals surface area contributed by atoms with E-state index in [1.807, 2.05) is 17.0 Å². The van der Waals surface area contributed by atoms with E-state index in [-0.39, 0.29) is 11.9 Å². The average molecular weight is 324 g/mol. The normalized spacial score (nSPS) is 23.5. The van der Waals surface area contributed by atoms with Crippen LogP contribution in [0.25, 0.3) is 0 Å². The van der Waals surface area contributed by atoms with E-state index in [4.69, 9.17) is 11.6 Å². The van der Waals surface area contributed by atoms with Crippen LogP contribution in [0.5, 0.6) is 0 Å². The third-order valence-corrected chi connectivity index (χ3v) is 4.41. The molecule has 3 N–H and O–H groups in total. The molecule has 2 fully saturated rings. The van der Waals surface area contributed by atoms with Crippen molar-refractivity contribution in [2.75, 3.05) is 32.7 Å². The summed E-state index contributed by atoms with van der Waals surface area (Å²) >= 11 is 5.92. The predicted molar refractivity (Wildman–Crippen MR) is 86.0 cm³/mol. The number of halogens is 1. The Labute approximate surface area is 135 Å². The van der Waals surface area contributed by atoms with Gasteiger partial charge in [0.15, 0.2) is 0 Å². The molecule has 1 aromatic rings. The van der Waals surface area contributed by atoms with Gasteiger partial charge in [-0.1, -0.05) is 23.7 Å². The van der Waals surface area contributed by atoms with E-state index in [0.29, 0.717) is 6.54 Å². The summed E-state index contributed by atoms with van der Waals surface area (Å²) in [6, 6.07) is 7.82. The van der Waals surface area contributed by atoms with Crippen molar-refractivity contribution < 1.29 is 4.79 Å². The SMILES string of the molecule is O=C(C1CNNN1)N1CCCN(Cc2ccc(Cl)cc2)CC1. The first-order valence-corrected chi connectivity index (χ1v) is 8.09. The molecule has 0 aliphatic carbocycles. The third-order valence-electron chi connectivity index (χ3n) is 4.16. The van der Waals surface area contributed by atoms with Gasteiger partial charge in [-0.15, -0.1) is 0 Å². The quantitative estimate of drug-likeness (QED) is 0.749. The van der Waals surface area contributed by atoms with Crippen LogP contribution in [0.3, 0.4) is 0 Å².